The van der Waals surface area contributed by atoms with Gasteiger partial charge >= 0.3 is 0 Å². The minimum atomic E-state index is 0.0716. The molecule has 0 aromatic heterocycles. The van der Waals surface area contributed by atoms with Gasteiger partial charge in [0.2, 0.25) is 0 Å². The molecule has 26 heavy (non-hydrogen) atoms. The second-order valence-electron chi connectivity index (χ2n) is 7.59. The molecule has 2 aromatic rings. The summed E-state index contributed by atoms with van der Waals surface area (Å²) in [6.45, 7) is 3.94. The van der Waals surface area contributed by atoms with Gasteiger partial charge in [-0.25, -0.2) is 0 Å². The number of hydrogen-bond acceptors (Lipinski definition) is 2. The fraction of sp³-hybridized carbons (Fsp3) is 0.435. The average molecular weight is 348 g/mol. The fourth-order valence-corrected chi connectivity index (χ4v) is 4.23. The van der Waals surface area contributed by atoms with Gasteiger partial charge < -0.3 is 5.32 Å². The number of benzene rings is 2. The number of hydrogen-bond donors (Lipinski definition) is 1. The molecule has 0 unspecified atom stereocenters. The summed E-state index contributed by atoms with van der Waals surface area (Å²) in [5, 5.41) is 3.10. The third-order valence-corrected chi connectivity index (χ3v) is 5.76. The third-order valence-electron chi connectivity index (χ3n) is 5.76. The van der Waals surface area contributed by atoms with Crippen molar-refractivity contribution in [2.45, 2.75) is 45.1 Å². The predicted octanol–water partition coefficient (Wildman–Crippen LogP) is 3.74. The Morgan fingerprint density at radius 3 is 2.58 bits per heavy atom. The highest BCUT2D eigenvalue weighted by atomic mass is 16.1. The summed E-state index contributed by atoms with van der Waals surface area (Å²) in [5.41, 5.74) is 6.56. The first-order chi connectivity index (χ1) is 12.8. The molecular formula is C23H28N2O. The SMILES string of the molecule is O=C(NCCCN1CCc2ccccc2C1)c1ccc2c(c1)CCCC2. The highest BCUT2D eigenvalue weighted by molar-refractivity contribution is 5.94. The first kappa shape index (κ1) is 17.3. The van der Waals surface area contributed by atoms with Crippen LogP contribution < -0.4 is 5.32 Å². The van der Waals surface area contributed by atoms with Crippen LogP contribution in [0.15, 0.2) is 42.5 Å². The zero-order valence-corrected chi connectivity index (χ0v) is 15.5. The average Bonchev–Trinajstić information content (AvgIpc) is 2.70. The molecule has 0 saturated heterocycles. The smallest absolute Gasteiger partial charge is 0.251 e. The molecule has 1 aliphatic heterocycles. The Hall–Kier alpha value is -2.13. The summed E-state index contributed by atoms with van der Waals surface area (Å²) in [6.07, 6.45) is 6.94. The molecule has 0 saturated carbocycles. The van der Waals surface area contributed by atoms with Gasteiger partial charge in [-0.3, -0.25) is 9.69 Å². The predicted molar refractivity (Wildman–Crippen MR) is 105 cm³/mol. The topological polar surface area (TPSA) is 32.3 Å². The molecule has 3 nitrogen and oxygen atoms in total. The van der Waals surface area contributed by atoms with Gasteiger partial charge in [-0.15, -0.1) is 0 Å². The van der Waals surface area contributed by atoms with Crippen LogP contribution in [0.3, 0.4) is 0 Å². The lowest BCUT2D eigenvalue weighted by Crippen LogP contribution is -2.33. The maximum atomic E-state index is 12.4. The van der Waals surface area contributed by atoms with E-state index in [1.807, 2.05) is 6.07 Å². The molecule has 136 valence electrons. The first-order valence-corrected chi connectivity index (χ1v) is 9.99. The lowest BCUT2D eigenvalue weighted by molar-refractivity contribution is 0.0951. The molecule has 1 amide bonds. The summed E-state index contributed by atoms with van der Waals surface area (Å²) >= 11 is 0. The summed E-state index contributed by atoms with van der Waals surface area (Å²) in [4.78, 5) is 14.9. The normalized spacial score (nSPS) is 16.6. The molecule has 0 atom stereocenters. The monoisotopic (exact) mass is 348 g/mol. The molecule has 0 spiro atoms. The van der Waals surface area contributed by atoms with Gasteiger partial charge in [-0.05, 0) is 72.9 Å². The zero-order chi connectivity index (χ0) is 17.8. The van der Waals surface area contributed by atoms with Crippen molar-refractivity contribution in [3.8, 4) is 0 Å². The van der Waals surface area contributed by atoms with Gasteiger partial charge in [-0.1, -0.05) is 30.3 Å². The van der Waals surface area contributed by atoms with E-state index in [9.17, 15) is 4.79 Å². The Morgan fingerprint density at radius 2 is 1.69 bits per heavy atom. The van der Waals surface area contributed by atoms with Crippen LogP contribution in [-0.2, 0) is 25.8 Å². The Labute approximate surface area is 156 Å². The summed E-state index contributed by atoms with van der Waals surface area (Å²) in [6, 6.07) is 15.0. The summed E-state index contributed by atoms with van der Waals surface area (Å²) in [7, 11) is 0. The van der Waals surface area contributed by atoms with E-state index in [-0.39, 0.29) is 5.91 Å². The Kier molecular flexibility index (Phi) is 5.35. The molecule has 2 aliphatic rings. The largest absolute Gasteiger partial charge is 0.352 e. The van der Waals surface area contributed by atoms with Crippen LogP contribution in [0.1, 0.15) is 51.9 Å². The molecule has 1 heterocycles. The number of rotatable bonds is 5. The van der Waals surface area contributed by atoms with E-state index < -0.39 is 0 Å². The molecule has 0 radical (unpaired) electrons. The van der Waals surface area contributed by atoms with Crippen molar-refractivity contribution in [3.63, 3.8) is 0 Å². The second kappa shape index (κ2) is 8.05. The van der Waals surface area contributed by atoms with E-state index in [0.29, 0.717) is 0 Å². The first-order valence-electron chi connectivity index (χ1n) is 9.99. The van der Waals surface area contributed by atoms with Gasteiger partial charge in [0.1, 0.15) is 0 Å². The number of nitrogens with zero attached hydrogens (tertiary/aromatic N) is 1. The summed E-state index contributed by atoms with van der Waals surface area (Å²) in [5.74, 6) is 0.0716. The number of carbonyl (C=O) groups excluding carboxylic acids is 1. The summed E-state index contributed by atoms with van der Waals surface area (Å²) < 4.78 is 0. The second-order valence-corrected chi connectivity index (χ2v) is 7.59. The van der Waals surface area contributed by atoms with Crippen LogP contribution in [0, 0.1) is 0 Å². The van der Waals surface area contributed by atoms with Crippen molar-refractivity contribution < 1.29 is 4.79 Å². The minimum Gasteiger partial charge on any atom is -0.352 e. The number of aryl methyl sites for hydroxylation is 2. The Morgan fingerprint density at radius 1 is 0.923 bits per heavy atom. The van der Waals surface area contributed by atoms with Gasteiger partial charge in [0.05, 0.1) is 0 Å². The van der Waals surface area contributed by atoms with Gasteiger partial charge in [0, 0.05) is 31.7 Å². The number of nitrogens with one attached hydrogen (secondary N) is 1. The van der Waals surface area contributed by atoms with E-state index in [1.165, 1.54) is 35.1 Å². The lowest BCUT2D eigenvalue weighted by Gasteiger charge is -2.28. The molecule has 3 heteroatoms. The van der Waals surface area contributed by atoms with E-state index in [2.05, 4.69) is 46.6 Å². The van der Waals surface area contributed by atoms with Crippen molar-refractivity contribution in [3.05, 3.63) is 70.3 Å². The standard InChI is InChI=1S/C23H28N2O/c26-23(21-11-10-18-6-1-3-8-20(18)16-21)24-13-5-14-25-15-12-19-7-2-4-9-22(19)17-25/h2,4,7,9-11,16H,1,3,5-6,8,12-15,17H2,(H,24,26). The molecule has 4 rings (SSSR count). The third kappa shape index (κ3) is 3.99. The number of carbonyl (C=O) groups is 1. The van der Waals surface area contributed by atoms with Crippen LogP contribution in [0.2, 0.25) is 0 Å². The zero-order valence-electron chi connectivity index (χ0n) is 15.5. The quantitative estimate of drug-likeness (QED) is 0.835. The number of fused-ring (bicyclic) bond motifs is 2. The van der Waals surface area contributed by atoms with Gasteiger partial charge in [0.25, 0.3) is 5.91 Å². The van der Waals surface area contributed by atoms with Crippen molar-refractivity contribution in [2.24, 2.45) is 0 Å². The van der Waals surface area contributed by atoms with Crippen LogP contribution in [0.4, 0.5) is 0 Å². The van der Waals surface area contributed by atoms with E-state index >= 15 is 0 Å². The molecule has 1 aliphatic carbocycles. The minimum absolute atomic E-state index is 0.0716. The van der Waals surface area contributed by atoms with Crippen molar-refractivity contribution in [1.82, 2.24) is 10.2 Å². The Balaban J connectivity index is 1.23. The van der Waals surface area contributed by atoms with E-state index in [1.54, 1.807) is 0 Å². The highest BCUT2D eigenvalue weighted by Gasteiger charge is 2.15. The molecule has 0 fully saturated rings. The molecule has 0 bridgehead atoms. The van der Waals surface area contributed by atoms with Crippen LogP contribution in [0.5, 0.6) is 0 Å². The van der Waals surface area contributed by atoms with Crippen molar-refractivity contribution >= 4 is 5.91 Å². The Bertz CT molecular complexity index is 784. The lowest BCUT2D eigenvalue weighted by atomic mass is 9.90. The van der Waals surface area contributed by atoms with Crippen molar-refractivity contribution in [2.75, 3.05) is 19.6 Å². The van der Waals surface area contributed by atoms with Gasteiger partial charge in [0.15, 0.2) is 0 Å². The molecular weight excluding hydrogens is 320 g/mol. The van der Waals surface area contributed by atoms with E-state index in [4.69, 9.17) is 0 Å². The fourth-order valence-electron chi connectivity index (χ4n) is 4.23. The highest BCUT2D eigenvalue weighted by Crippen LogP contribution is 2.22. The van der Waals surface area contributed by atoms with Crippen molar-refractivity contribution in [1.29, 1.82) is 0 Å². The van der Waals surface area contributed by atoms with Crippen LogP contribution in [0.25, 0.3) is 0 Å². The maximum Gasteiger partial charge on any atom is 0.251 e. The maximum absolute atomic E-state index is 12.4. The number of amides is 1. The van der Waals surface area contributed by atoms with E-state index in [0.717, 1.165) is 57.4 Å². The van der Waals surface area contributed by atoms with Crippen LogP contribution >= 0.6 is 0 Å². The molecule has 1 N–H and O–H groups in total. The van der Waals surface area contributed by atoms with Crippen LogP contribution in [-0.4, -0.2) is 30.4 Å². The molecule has 2 aromatic carbocycles. The van der Waals surface area contributed by atoms with Gasteiger partial charge in [-0.2, -0.15) is 0 Å².